The number of carbonyl (C=O) groups excluding carboxylic acids is 1. The lowest BCUT2D eigenvalue weighted by molar-refractivity contribution is 0.112. The second kappa shape index (κ2) is 5.32. The number of hydrogen-bond acceptors (Lipinski definition) is 3. The first-order valence-corrected chi connectivity index (χ1v) is 6.81. The molecule has 0 bridgehead atoms. The molecule has 2 aromatic rings. The standard InChI is InChI=1S/C13H12OS2/c1-10-3-2-4-11(7-10)9-15-13-6-5-12(8-14)16-13/h2-8H,9H2,1H3. The maximum absolute atomic E-state index is 10.5. The number of rotatable bonds is 4. The molecule has 1 heterocycles. The number of aldehydes is 1. The molecule has 0 atom stereocenters. The summed E-state index contributed by atoms with van der Waals surface area (Å²) in [4.78, 5) is 11.3. The Bertz CT molecular complexity index is 488. The molecule has 0 aliphatic heterocycles. The molecule has 0 saturated heterocycles. The van der Waals surface area contributed by atoms with Crippen LogP contribution in [0.15, 0.2) is 40.6 Å². The van der Waals surface area contributed by atoms with Gasteiger partial charge in [-0.05, 0) is 24.6 Å². The Morgan fingerprint density at radius 2 is 2.19 bits per heavy atom. The summed E-state index contributed by atoms with van der Waals surface area (Å²) in [6.07, 6.45) is 0.904. The summed E-state index contributed by atoms with van der Waals surface area (Å²) in [7, 11) is 0. The second-order valence-electron chi connectivity index (χ2n) is 3.55. The van der Waals surface area contributed by atoms with Gasteiger partial charge in [0.15, 0.2) is 6.29 Å². The molecule has 0 radical (unpaired) electrons. The third kappa shape index (κ3) is 2.97. The first-order valence-electron chi connectivity index (χ1n) is 5.01. The van der Waals surface area contributed by atoms with E-state index in [0.29, 0.717) is 0 Å². The molecule has 16 heavy (non-hydrogen) atoms. The molecule has 0 amide bonds. The summed E-state index contributed by atoms with van der Waals surface area (Å²) in [5.41, 5.74) is 2.61. The molecule has 1 aromatic heterocycles. The number of carbonyl (C=O) groups is 1. The molecule has 82 valence electrons. The van der Waals surface area contributed by atoms with Crippen molar-refractivity contribution in [3.8, 4) is 0 Å². The molecule has 0 N–H and O–H groups in total. The smallest absolute Gasteiger partial charge is 0.160 e. The lowest BCUT2D eigenvalue weighted by Crippen LogP contribution is -1.80. The fraction of sp³-hybridized carbons (Fsp3) is 0.154. The summed E-state index contributed by atoms with van der Waals surface area (Å²) in [5.74, 6) is 0.959. The van der Waals surface area contributed by atoms with E-state index in [2.05, 4.69) is 31.2 Å². The van der Waals surface area contributed by atoms with Crippen LogP contribution in [-0.4, -0.2) is 6.29 Å². The van der Waals surface area contributed by atoms with Crippen molar-refractivity contribution < 1.29 is 4.79 Å². The average Bonchev–Trinajstić information content (AvgIpc) is 2.74. The van der Waals surface area contributed by atoms with Gasteiger partial charge in [-0.15, -0.1) is 23.1 Å². The van der Waals surface area contributed by atoms with Crippen LogP contribution in [-0.2, 0) is 5.75 Å². The normalized spacial score (nSPS) is 10.3. The zero-order valence-corrected chi connectivity index (χ0v) is 10.6. The topological polar surface area (TPSA) is 17.1 Å². The van der Waals surface area contributed by atoms with E-state index >= 15 is 0 Å². The lowest BCUT2D eigenvalue weighted by Gasteiger charge is -2.00. The third-order valence-corrected chi connectivity index (χ3v) is 4.49. The summed E-state index contributed by atoms with van der Waals surface area (Å²) >= 11 is 3.33. The highest BCUT2D eigenvalue weighted by Gasteiger charge is 2.00. The Hall–Kier alpha value is -1.06. The zero-order chi connectivity index (χ0) is 11.4. The van der Waals surface area contributed by atoms with E-state index < -0.39 is 0 Å². The second-order valence-corrected chi connectivity index (χ2v) is 5.94. The predicted octanol–water partition coefficient (Wildman–Crippen LogP) is 4.16. The third-order valence-electron chi connectivity index (χ3n) is 2.18. The molecular formula is C13H12OS2. The Kier molecular flexibility index (Phi) is 3.80. The lowest BCUT2D eigenvalue weighted by atomic mass is 10.2. The first kappa shape index (κ1) is 11.4. The summed E-state index contributed by atoms with van der Waals surface area (Å²) in [5, 5.41) is 0. The highest BCUT2D eigenvalue weighted by molar-refractivity contribution is 8.00. The number of benzene rings is 1. The average molecular weight is 248 g/mol. The number of aryl methyl sites for hydroxylation is 1. The largest absolute Gasteiger partial charge is 0.297 e. The van der Waals surface area contributed by atoms with E-state index in [1.807, 2.05) is 12.1 Å². The molecule has 0 unspecified atom stereocenters. The molecule has 0 saturated carbocycles. The van der Waals surface area contributed by atoms with Gasteiger partial charge in [-0.25, -0.2) is 0 Å². The SMILES string of the molecule is Cc1cccc(CSc2ccc(C=O)s2)c1. The van der Waals surface area contributed by atoms with Gasteiger partial charge in [-0.2, -0.15) is 0 Å². The van der Waals surface area contributed by atoms with Gasteiger partial charge in [0, 0.05) is 5.75 Å². The van der Waals surface area contributed by atoms with Crippen LogP contribution in [0.3, 0.4) is 0 Å². The van der Waals surface area contributed by atoms with Crippen LogP contribution in [0.5, 0.6) is 0 Å². The monoisotopic (exact) mass is 248 g/mol. The van der Waals surface area contributed by atoms with Crippen LogP contribution in [0, 0.1) is 6.92 Å². The highest BCUT2D eigenvalue weighted by atomic mass is 32.2. The minimum absolute atomic E-state index is 0.798. The number of thiophene rings is 1. The highest BCUT2D eigenvalue weighted by Crippen LogP contribution is 2.29. The molecule has 1 aromatic carbocycles. The minimum atomic E-state index is 0.798. The van der Waals surface area contributed by atoms with E-state index in [-0.39, 0.29) is 0 Å². The molecule has 3 heteroatoms. The quantitative estimate of drug-likeness (QED) is 0.597. The molecule has 0 aliphatic rings. The van der Waals surface area contributed by atoms with Crippen molar-refractivity contribution in [3.63, 3.8) is 0 Å². The Morgan fingerprint density at radius 1 is 1.31 bits per heavy atom. The predicted molar refractivity (Wildman–Crippen MR) is 70.4 cm³/mol. The van der Waals surface area contributed by atoms with E-state index in [1.54, 1.807) is 23.1 Å². The van der Waals surface area contributed by atoms with Gasteiger partial charge in [-0.3, -0.25) is 4.79 Å². The van der Waals surface area contributed by atoms with Gasteiger partial charge in [0.25, 0.3) is 0 Å². The van der Waals surface area contributed by atoms with Crippen molar-refractivity contribution >= 4 is 29.4 Å². The van der Waals surface area contributed by atoms with Crippen LogP contribution in [0.4, 0.5) is 0 Å². The minimum Gasteiger partial charge on any atom is -0.297 e. The van der Waals surface area contributed by atoms with Crippen LogP contribution in [0.2, 0.25) is 0 Å². The zero-order valence-electron chi connectivity index (χ0n) is 8.97. The van der Waals surface area contributed by atoms with Crippen LogP contribution in [0.25, 0.3) is 0 Å². The van der Waals surface area contributed by atoms with Crippen molar-refractivity contribution in [2.24, 2.45) is 0 Å². The summed E-state index contributed by atoms with van der Waals surface area (Å²) in [6.45, 7) is 2.10. The molecule has 0 spiro atoms. The molecule has 0 aliphatic carbocycles. The molecular weight excluding hydrogens is 236 g/mol. The summed E-state index contributed by atoms with van der Waals surface area (Å²) in [6, 6.07) is 12.4. The van der Waals surface area contributed by atoms with Crippen LogP contribution < -0.4 is 0 Å². The molecule has 1 nitrogen and oxygen atoms in total. The van der Waals surface area contributed by atoms with E-state index in [1.165, 1.54) is 15.3 Å². The Morgan fingerprint density at radius 3 is 2.88 bits per heavy atom. The van der Waals surface area contributed by atoms with Gasteiger partial charge in [0.1, 0.15) is 0 Å². The van der Waals surface area contributed by atoms with Gasteiger partial charge < -0.3 is 0 Å². The van der Waals surface area contributed by atoms with Crippen molar-refractivity contribution in [3.05, 3.63) is 52.4 Å². The number of thioether (sulfide) groups is 1. The van der Waals surface area contributed by atoms with Crippen molar-refractivity contribution in [1.29, 1.82) is 0 Å². The van der Waals surface area contributed by atoms with Crippen molar-refractivity contribution in [2.45, 2.75) is 16.9 Å². The Labute approximate surface area is 104 Å². The first-order chi connectivity index (χ1) is 7.78. The van der Waals surface area contributed by atoms with Gasteiger partial charge >= 0.3 is 0 Å². The maximum atomic E-state index is 10.5. The van der Waals surface area contributed by atoms with Gasteiger partial charge in [-0.1, -0.05) is 29.8 Å². The van der Waals surface area contributed by atoms with Crippen LogP contribution in [0.1, 0.15) is 20.8 Å². The molecule has 2 rings (SSSR count). The van der Waals surface area contributed by atoms with Crippen molar-refractivity contribution in [2.75, 3.05) is 0 Å². The Balaban J connectivity index is 1.99. The summed E-state index contributed by atoms with van der Waals surface area (Å²) < 4.78 is 1.20. The van der Waals surface area contributed by atoms with E-state index in [9.17, 15) is 4.79 Å². The fourth-order valence-electron chi connectivity index (χ4n) is 1.43. The van der Waals surface area contributed by atoms with Crippen molar-refractivity contribution in [1.82, 2.24) is 0 Å². The maximum Gasteiger partial charge on any atom is 0.160 e. The van der Waals surface area contributed by atoms with E-state index in [4.69, 9.17) is 0 Å². The van der Waals surface area contributed by atoms with Gasteiger partial charge in [0.2, 0.25) is 0 Å². The van der Waals surface area contributed by atoms with Gasteiger partial charge in [0.05, 0.1) is 9.09 Å². The van der Waals surface area contributed by atoms with Crippen LogP contribution >= 0.6 is 23.1 Å². The number of hydrogen-bond donors (Lipinski definition) is 0. The molecule has 0 fully saturated rings. The fourth-order valence-corrected chi connectivity index (χ4v) is 3.34. The van der Waals surface area contributed by atoms with E-state index in [0.717, 1.165) is 16.9 Å².